The van der Waals surface area contributed by atoms with Gasteiger partial charge in [-0.25, -0.2) is 4.39 Å². The molecule has 2 aromatic rings. The zero-order valence-electron chi connectivity index (χ0n) is 14.8. The lowest BCUT2D eigenvalue weighted by molar-refractivity contribution is -0.136. The number of hydrogen-bond acceptors (Lipinski definition) is 3. The highest BCUT2D eigenvalue weighted by atomic mass is 19.1. The van der Waals surface area contributed by atoms with Gasteiger partial charge in [-0.2, -0.15) is 0 Å². The van der Waals surface area contributed by atoms with E-state index in [0.717, 1.165) is 11.1 Å². The summed E-state index contributed by atoms with van der Waals surface area (Å²) in [5, 5.41) is 2.73. The van der Waals surface area contributed by atoms with Gasteiger partial charge in [0.1, 0.15) is 5.82 Å². The van der Waals surface area contributed by atoms with E-state index in [9.17, 15) is 14.0 Å². The van der Waals surface area contributed by atoms with Crippen LogP contribution in [-0.2, 0) is 22.6 Å². The zero-order chi connectivity index (χ0) is 18.9. The lowest BCUT2D eigenvalue weighted by Crippen LogP contribution is -2.48. The predicted molar refractivity (Wildman–Crippen MR) is 98.6 cm³/mol. The highest BCUT2D eigenvalue weighted by Crippen LogP contribution is 2.05. The van der Waals surface area contributed by atoms with Crippen LogP contribution in [0.4, 0.5) is 4.39 Å². The highest BCUT2D eigenvalue weighted by molar-refractivity contribution is 5.87. The number of carbonyl (C=O) groups excluding carboxylic acids is 2. The second-order valence-electron chi connectivity index (χ2n) is 6.05. The summed E-state index contributed by atoms with van der Waals surface area (Å²) in [4.78, 5) is 26.1. The van der Waals surface area contributed by atoms with Gasteiger partial charge in [0.2, 0.25) is 11.8 Å². The van der Waals surface area contributed by atoms with E-state index in [4.69, 9.17) is 5.73 Å². The number of nitrogens with zero attached hydrogens (tertiary/aromatic N) is 1. The maximum absolute atomic E-state index is 12.9. The van der Waals surface area contributed by atoms with Gasteiger partial charge < -0.3 is 16.0 Å². The molecule has 26 heavy (non-hydrogen) atoms. The summed E-state index contributed by atoms with van der Waals surface area (Å²) in [7, 11) is 0. The molecule has 0 heterocycles. The Hall–Kier alpha value is -2.73. The molecule has 0 bridgehead atoms. The summed E-state index contributed by atoms with van der Waals surface area (Å²) in [6, 6.07) is 14.7. The maximum Gasteiger partial charge on any atom is 0.240 e. The van der Waals surface area contributed by atoms with Crippen LogP contribution in [-0.4, -0.2) is 35.8 Å². The fourth-order valence-corrected chi connectivity index (χ4v) is 2.57. The summed E-state index contributed by atoms with van der Waals surface area (Å²) < 4.78 is 12.9. The first-order chi connectivity index (χ1) is 12.5. The molecule has 6 heteroatoms. The van der Waals surface area contributed by atoms with Gasteiger partial charge in [0.25, 0.3) is 0 Å². The minimum atomic E-state index is -0.692. The fraction of sp³-hybridized carbons (Fsp3) is 0.300. The third-order valence-electron chi connectivity index (χ3n) is 4.05. The number of amides is 2. The van der Waals surface area contributed by atoms with Crippen molar-refractivity contribution in [3.8, 4) is 0 Å². The zero-order valence-corrected chi connectivity index (χ0v) is 14.8. The minimum absolute atomic E-state index is 0.0565. The van der Waals surface area contributed by atoms with E-state index in [2.05, 4.69) is 5.32 Å². The Kier molecular flexibility index (Phi) is 7.29. The van der Waals surface area contributed by atoms with E-state index < -0.39 is 6.04 Å². The molecule has 0 aliphatic rings. The van der Waals surface area contributed by atoms with Crippen LogP contribution in [0.25, 0.3) is 0 Å². The topological polar surface area (TPSA) is 75.4 Å². The van der Waals surface area contributed by atoms with Gasteiger partial charge in [-0.15, -0.1) is 0 Å². The van der Waals surface area contributed by atoms with Gasteiger partial charge in [-0.3, -0.25) is 9.59 Å². The lowest BCUT2D eigenvalue weighted by Gasteiger charge is -2.24. The molecule has 2 rings (SSSR count). The van der Waals surface area contributed by atoms with E-state index in [0.29, 0.717) is 13.0 Å². The molecule has 0 spiro atoms. The van der Waals surface area contributed by atoms with E-state index in [1.165, 1.54) is 17.0 Å². The Labute approximate surface area is 153 Å². The van der Waals surface area contributed by atoms with Gasteiger partial charge in [0, 0.05) is 13.1 Å². The molecule has 3 N–H and O–H groups in total. The van der Waals surface area contributed by atoms with Gasteiger partial charge in [0.05, 0.1) is 12.6 Å². The van der Waals surface area contributed by atoms with E-state index in [-0.39, 0.29) is 30.7 Å². The predicted octanol–water partition coefficient (Wildman–Crippen LogP) is 1.86. The van der Waals surface area contributed by atoms with Crippen molar-refractivity contribution in [2.45, 2.75) is 25.9 Å². The van der Waals surface area contributed by atoms with Crippen molar-refractivity contribution < 1.29 is 14.0 Å². The van der Waals surface area contributed by atoms with Gasteiger partial charge in [0.15, 0.2) is 0 Å². The van der Waals surface area contributed by atoms with Crippen LogP contribution < -0.4 is 11.1 Å². The lowest BCUT2D eigenvalue weighted by atomic mass is 10.1. The van der Waals surface area contributed by atoms with Crippen LogP contribution in [0.2, 0.25) is 0 Å². The number of rotatable bonds is 8. The summed E-state index contributed by atoms with van der Waals surface area (Å²) in [5.74, 6) is -0.861. The second kappa shape index (κ2) is 9.68. The minimum Gasteiger partial charge on any atom is -0.350 e. The van der Waals surface area contributed by atoms with Crippen molar-refractivity contribution >= 4 is 11.8 Å². The number of likely N-dealkylation sites (N-methyl/N-ethyl adjacent to an activating group) is 1. The Morgan fingerprint density at radius 2 is 1.73 bits per heavy atom. The fourth-order valence-electron chi connectivity index (χ4n) is 2.57. The summed E-state index contributed by atoms with van der Waals surface area (Å²) in [6.45, 7) is 2.42. The van der Waals surface area contributed by atoms with E-state index >= 15 is 0 Å². The molecule has 0 saturated heterocycles. The van der Waals surface area contributed by atoms with Gasteiger partial charge in [-0.05, 0) is 36.6 Å². The largest absolute Gasteiger partial charge is 0.350 e. The Morgan fingerprint density at radius 3 is 2.35 bits per heavy atom. The van der Waals surface area contributed by atoms with Crippen LogP contribution >= 0.6 is 0 Å². The SMILES string of the molecule is CCN(CC(=O)NCc1ccc(F)cc1)C(=O)C(N)Cc1ccccc1. The highest BCUT2D eigenvalue weighted by Gasteiger charge is 2.22. The summed E-state index contributed by atoms with van der Waals surface area (Å²) in [5.41, 5.74) is 7.79. The van der Waals surface area contributed by atoms with Crippen molar-refractivity contribution in [2.24, 2.45) is 5.73 Å². The summed E-state index contributed by atoms with van der Waals surface area (Å²) >= 11 is 0. The van der Waals surface area contributed by atoms with Crippen LogP contribution in [0.5, 0.6) is 0 Å². The molecule has 138 valence electrons. The molecule has 5 nitrogen and oxygen atoms in total. The molecule has 1 atom stereocenters. The molecular weight excluding hydrogens is 333 g/mol. The first-order valence-electron chi connectivity index (χ1n) is 8.59. The van der Waals surface area contributed by atoms with Crippen LogP contribution in [0, 0.1) is 5.82 Å². The molecule has 1 unspecified atom stereocenters. The van der Waals surface area contributed by atoms with Crippen LogP contribution in [0.1, 0.15) is 18.1 Å². The van der Waals surface area contributed by atoms with Gasteiger partial charge in [-0.1, -0.05) is 42.5 Å². The number of halogens is 1. The maximum atomic E-state index is 12.9. The third kappa shape index (κ3) is 5.97. The molecule has 0 radical (unpaired) electrons. The molecule has 0 aliphatic heterocycles. The molecule has 2 amide bonds. The second-order valence-corrected chi connectivity index (χ2v) is 6.05. The molecule has 0 aliphatic carbocycles. The summed E-state index contributed by atoms with van der Waals surface area (Å²) in [6.07, 6.45) is 0.424. The van der Waals surface area contributed by atoms with Crippen molar-refractivity contribution in [2.75, 3.05) is 13.1 Å². The van der Waals surface area contributed by atoms with Crippen LogP contribution in [0.3, 0.4) is 0 Å². The van der Waals surface area contributed by atoms with E-state index in [1.54, 1.807) is 19.1 Å². The number of carbonyl (C=O) groups is 2. The van der Waals surface area contributed by atoms with Crippen LogP contribution in [0.15, 0.2) is 54.6 Å². The first kappa shape index (κ1) is 19.6. The number of benzene rings is 2. The Morgan fingerprint density at radius 1 is 1.08 bits per heavy atom. The number of nitrogens with two attached hydrogens (primary N) is 1. The van der Waals surface area contributed by atoms with Crippen molar-refractivity contribution in [3.63, 3.8) is 0 Å². The number of hydrogen-bond donors (Lipinski definition) is 2. The molecule has 0 saturated carbocycles. The average Bonchev–Trinajstić information content (AvgIpc) is 2.66. The monoisotopic (exact) mass is 357 g/mol. The standard InChI is InChI=1S/C20H24FN3O2/c1-2-24(20(26)18(22)12-15-6-4-3-5-7-15)14-19(25)23-13-16-8-10-17(21)11-9-16/h3-11,18H,2,12-14,22H2,1H3,(H,23,25). The Bertz CT molecular complexity index is 720. The first-order valence-corrected chi connectivity index (χ1v) is 8.59. The molecule has 0 fully saturated rings. The average molecular weight is 357 g/mol. The molecule has 0 aromatic heterocycles. The number of nitrogens with one attached hydrogen (secondary N) is 1. The Balaban J connectivity index is 1.85. The smallest absolute Gasteiger partial charge is 0.240 e. The molecular formula is C20H24FN3O2. The van der Waals surface area contributed by atoms with Crippen molar-refractivity contribution in [1.29, 1.82) is 0 Å². The van der Waals surface area contributed by atoms with Crippen molar-refractivity contribution in [3.05, 3.63) is 71.5 Å². The molecule has 2 aromatic carbocycles. The van der Waals surface area contributed by atoms with E-state index in [1.807, 2.05) is 30.3 Å². The van der Waals surface area contributed by atoms with Gasteiger partial charge >= 0.3 is 0 Å². The quantitative estimate of drug-likeness (QED) is 0.757. The van der Waals surface area contributed by atoms with Crippen molar-refractivity contribution in [1.82, 2.24) is 10.2 Å². The third-order valence-corrected chi connectivity index (χ3v) is 4.05. The normalized spacial score (nSPS) is 11.7.